The van der Waals surface area contributed by atoms with Crippen LogP contribution >= 0.6 is 0 Å². The number of ether oxygens (including phenoxy) is 1. The van der Waals surface area contributed by atoms with Crippen molar-refractivity contribution >= 4 is 11.8 Å². The van der Waals surface area contributed by atoms with Crippen LogP contribution < -0.4 is 0 Å². The van der Waals surface area contributed by atoms with Gasteiger partial charge >= 0.3 is 5.97 Å². The number of aliphatic hydroxyl groups is 1. The predicted octanol–water partition coefficient (Wildman–Crippen LogP) is 1.20. The van der Waals surface area contributed by atoms with Crippen LogP contribution in [0.3, 0.4) is 0 Å². The summed E-state index contributed by atoms with van der Waals surface area (Å²) >= 11 is 0. The van der Waals surface area contributed by atoms with Gasteiger partial charge < -0.3 is 9.84 Å². The number of Topliss-reactive ketones (excluding diaryl/α,β-unsaturated/α-hetero) is 1. The molecule has 4 heteroatoms. The van der Waals surface area contributed by atoms with Crippen molar-refractivity contribution in [1.82, 2.24) is 0 Å². The van der Waals surface area contributed by atoms with Crippen LogP contribution in [0.15, 0.2) is 0 Å². The third-order valence-electron chi connectivity index (χ3n) is 2.65. The molecule has 1 aliphatic carbocycles. The van der Waals surface area contributed by atoms with Crippen molar-refractivity contribution in [3.63, 3.8) is 0 Å². The zero-order valence-electron chi connectivity index (χ0n) is 9.07. The first-order valence-corrected chi connectivity index (χ1v) is 5.50. The van der Waals surface area contributed by atoms with E-state index >= 15 is 0 Å². The molecule has 0 amide bonds. The van der Waals surface area contributed by atoms with Crippen molar-refractivity contribution in [3.05, 3.63) is 0 Å². The molecule has 15 heavy (non-hydrogen) atoms. The Morgan fingerprint density at radius 3 is 2.47 bits per heavy atom. The molecule has 0 aliphatic heterocycles. The molecule has 0 unspecified atom stereocenters. The number of aliphatic hydroxyl groups excluding tert-OH is 1. The maximum Gasteiger partial charge on any atom is 0.303 e. The van der Waals surface area contributed by atoms with Gasteiger partial charge in [0.2, 0.25) is 5.78 Å². The van der Waals surface area contributed by atoms with Gasteiger partial charge in [0.25, 0.3) is 0 Å². The van der Waals surface area contributed by atoms with E-state index < -0.39 is 18.2 Å². The molecule has 0 spiro atoms. The molecule has 0 radical (unpaired) electrons. The maximum atomic E-state index is 11.7. The van der Waals surface area contributed by atoms with Crippen molar-refractivity contribution in [2.24, 2.45) is 0 Å². The number of esters is 1. The third kappa shape index (κ3) is 4.00. The molecule has 1 rings (SSSR count). The van der Waals surface area contributed by atoms with Crippen LogP contribution in [0.25, 0.3) is 0 Å². The lowest BCUT2D eigenvalue weighted by Gasteiger charge is -2.17. The minimum Gasteiger partial charge on any atom is -0.454 e. The highest BCUT2D eigenvalue weighted by Gasteiger charge is 2.28. The average Bonchev–Trinajstić information content (AvgIpc) is 2.24. The smallest absolute Gasteiger partial charge is 0.303 e. The molecule has 0 saturated heterocycles. The molecule has 0 aromatic carbocycles. The Kier molecular flexibility index (Phi) is 4.75. The molecule has 2 atom stereocenters. The molecule has 0 heterocycles. The molecular formula is C11H18O4. The summed E-state index contributed by atoms with van der Waals surface area (Å²) in [5.41, 5.74) is 0. The quantitative estimate of drug-likeness (QED) is 0.666. The van der Waals surface area contributed by atoms with Gasteiger partial charge in [-0.15, -0.1) is 0 Å². The van der Waals surface area contributed by atoms with E-state index in [-0.39, 0.29) is 5.78 Å². The van der Waals surface area contributed by atoms with Crippen LogP contribution in [0, 0.1) is 0 Å². The summed E-state index contributed by atoms with van der Waals surface area (Å²) in [4.78, 5) is 22.5. The van der Waals surface area contributed by atoms with E-state index in [1.807, 2.05) is 0 Å². The topological polar surface area (TPSA) is 63.6 Å². The summed E-state index contributed by atoms with van der Waals surface area (Å²) in [5, 5.41) is 9.55. The SMILES string of the molecule is CC(=O)O[C@@H]1CCCCCC[C@H](O)C1=O. The van der Waals surface area contributed by atoms with Gasteiger partial charge in [-0.05, 0) is 19.3 Å². The van der Waals surface area contributed by atoms with Crippen LogP contribution in [0.2, 0.25) is 0 Å². The first kappa shape index (κ1) is 12.2. The largest absolute Gasteiger partial charge is 0.454 e. The van der Waals surface area contributed by atoms with Crippen LogP contribution in [0.5, 0.6) is 0 Å². The Bertz CT molecular complexity index is 237. The minimum absolute atomic E-state index is 0.341. The molecule has 0 bridgehead atoms. The van der Waals surface area contributed by atoms with Gasteiger partial charge in [0.05, 0.1) is 0 Å². The summed E-state index contributed by atoms with van der Waals surface area (Å²) < 4.78 is 4.92. The predicted molar refractivity (Wildman–Crippen MR) is 54.3 cm³/mol. The lowest BCUT2D eigenvalue weighted by atomic mass is 10.0. The van der Waals surface area contributed by atoms with Gasteiger partial charge in [-0.1, -0.05) is 19.3 Å². The molecule has 4 nitrogen and oxygen atoms in total. The number of hydrogen-bond donors (Lipinski definition) is 1. The zero-order chi connectivity index (χ0) is 11.3. The molecule has 86 valence electrons. The Balaban J connectivity index is 2.61. The highest BCUT2D eigenvalue weighted by molar-refractivity contribution is 5.88. The van der Waals surface area contributed by atoms with E-state index in [1.54, 1.807) is 0 Å². The molecule has 1 saturated carbocycles. The number of hydrogen-bond acceptors (Lipinski definition) is 4. The highest BCUT2D eigenvalue weighted by atomic mass is 16.5. The Hall–Kier alpha value is -0.900. The van der Waals surface area contributed by atoms with Crippen LogP contribution in [0.4, 0.5) is 0 Å². The first-order chi connectivity index (χ1) is 7.11. The summed E-state index contributed by atoms with van der Waals surface area (Å²) in [6.45, 7) is 1.28. The van der Waals surface area contributed by atoms with Gasteiger partial charge in [-0.25, -0.2) is 0 Å². The Labute approximate surface area is 89.6 Å². The van der Waals surface area contributed by atoms with E-state index in [9.17, 15) is 14.7 Å². The number of carbonyl (C=O) groups is 2. The summed E-state index contributed by atoms with van der Waals surface area (Å²) in [7, 11) is 0. The molecular weight excluding hydrogens is 196 g/mol. The number of ketones is 1. The van der Waals surface area contributed by atoms with Crippen molar-refractivity contribution in [2.75, 3.05) is 0 Å². The normalized spacial score (nSPS) is 28.8. The fraction of sp³-hybridized carbons (Fsp3) is 0.818. The van der Waals surface area contributed by atoms with Crippen molar-refractivity contribution in [1.29, 1.82) is 0 Å². The molecule has 1 fully saturated rings. The lowest BCUT2D eigenvalue weighted by molar-refractivity contribution is -0.156. The Morgan fingerprint density at radius 2 is 1.87 bits per heavy atom. The minimum atomic E-state index is -0.965. The van der Waals surface area contributed by atoms with Crippen LogP contribution in [-0.2, 0) is 14.3 Å². The van der Waals surface area contributed by atoms with E-state index in [0.29, 0.717) is 12.8 Å². The Morgan fingerprint density at radius 1 is 1.27 bits per heavy atom. The van der Waals surface area contributed by atoms with E-state index in [0.717, 1.165) is 25.7 Å². The zero-order valence-corrected chi connectivity index (χ0v) is 9.07. The maximum absolute atomic E-state index is 11.7. The first-order valence-electron chi connectivity index (χ1n) is 5.50. The molecule has 0 aromatic heterocycles. The summed E-state index contributed by atoms with van der Waals surface area (Å²) in [6.07, 6.45) is 3.10. The second-order valence-electron chi connectivity index (χ2n) is 4.01. The second kappa shape index (κ2) is 5.85. The average molecular weight is 214 g/mol. The van der Waals surface area contributed by atoms with Crippen molar-refractivity contribution < 1.29 is 19.4 Å². The fourth-order valence-corrected chi connectivity index (χ4v) is 1.84. The fourth-order valence-electron chi connectivity index (χ4n) is 1.84. The van der Waals surface area contributed by atoms with E-state index in [1.165, 1.54) is 6.92 Å². The van der Waals surface area contributed by atoms with Crippen molar-refractivity contribution in [3.8, 4) is 0 Å². The van der Waals surface area contributed by atoms with Crippen LogP contribution in [-0.4, -0.2) is 29.1 Å². The number of carbonyl (C=O) groups excluding carboxylic acids is 2. The third-order valence-corrected chi connectivity index (χ3v) is 2.65. The van der Waals surface area contributed by atoms with Gasteiger partial charge in [-0.2, -0.15) is 0 Å². The van der Waals surface area contributed by atoms with Gasteiger partial charge in [-0.3, -0.25) is 9.59 Å². The lowest BCUT2D eigenvalue weighted by Crippen LogP contribution is -2.35. The summed E-state index contributed by atoms with van der Waals surface area (Å²) in [5.74, 6) is -0.799. The molecule has 1 aliphatic rings. The molecule has 0 aromatic rings. The molecule has 1 N–H and O–H groups in total. The summed E-state index contributed by atoms with van der Waals surface area (Å²) in [6, 6.07) is 0. The monoisotopic (exact) mass is 214 g/mol. The van der Waals surface area contributed by atoms with Gasteiger partial charge in [0, 0.05) is 6.92 Å². The van der Waals surface area contributed by atoms with Crippen LogP contribution in [0.1, 0.15) is 45.4 Å². The van der Waals surface area contributed by atoms with E-state index in [4.69, 9.17) is 4.74 Å². The standard InChI is InChI=1S/C11H18O4/c1-8(12)15-10-7-5-3-2-4-6-9(13)11(10)14/h9-10,13H,2-7H2,1H3/t9-,10+/m0/s1. The van der Waals surface area contributed by atoms with E-state index in [2.05, 4.69) is 0 Å². The highest BCUT2D eigenvalue weighted by Crippen LogP contribution is 2.17. The second-order valence-corrected chi connectivity index (χ2v) is 4.01. The van der Waals surface area contributed by atoms with Crippen molar-refractivity contribution in [2.45, 2.75) is 57.7 Å². The number of rotatable bonds is 1. The van der Waals surface area contributed by atoms with Gasteiger partial charge in [0.1, 0.15) is 6.10 Å². The van der Waals surface area contributed by atoms with Gasteiger partial charge in [0.15, 0.2) is 6.10 Å².